The fourth-order valence-corrected chi connectivity index (χ4v) is 2.75. The molecule has 2 aromatic rings. The van der Waals surface area contributed by atoms with Crippen LogP contribution in [-0.2, 0) is 0 Å². The molecule has 23 heavy (non-hydrogen) atoms. The lowest BCUT2D eigenvalue weighted by molar-refractivity contribution is -0.384. The largest absolute Gasteiger partial charge is 0.369 e. The first kappa shape index (κ1) is 15.0. The molecule has 1 N–H and O–H groups in total. The van der Waals surface area contributed by atoms with Gasteiger partial charge >= 0.3 is 0 Å². The van der Waals surface area contributed by atoms with E-state index in [0.717, 1.165) is 25.2 Å². The van der Waals surface area contributed by atoms with Crippen molar-refractivity contribution < 1.29 is 9.72 Å². The number of nitrogens with zero attached hydrogens (tertiary/aromatic N) is 2. The Labute approximate surface area is 133 Å². The molecule has 6 heteroatoms. The highest BCUT2D eigenvalue weighted by atomic mass is 16.6. The number of nitro groups is 1. The van der Waals surface area contributed by atoms with E-state index >= 15 is 0 Å². The summed E-state index contributed by atoms with van der Waals surface area (Å²) >= 11 is 0. The minimum atomic E-state index is -0.476. The predicted octanol–water partition coefficient (Wildman–Crippen LogP) is 2.60. The zero-order valence-corrected chi connectivity index (χ0v) is 12.5. The number of para-hydroxylation sites is 1. The lowest BCUT2D eigenvalue weighted by Crippen LogP contribution is -2.37. The predicted molar refractivity (Wildman–Crippen MR) is 87.6 cm³/mol. The molecule has 3 rings (SSSR count). The van der Waals surface area contributed by atoms with Crippen molar-refractivity contribution in [3.8, 4) is 0 Å². The first-order chi connectivity index (χ1) is 11.1. The molecule has 0 aliphatic carbocycles. The Morgan fingerprint density at radius 3 is 2.48 bits per heavy atom. The molecule has 0 bridgehead atoms. The van der Waals surface area contributed by atoms with Crippen LogP contribution in [0, 0.1) is 10.1 Å². The standard InChI is InChI=1S/C17H17N3O3/c21-17(13-6-8-16(9-7-13)20(22)23)18-14-10-11-19(12-14)15-4-2-1-3-5-15/h1-9,14H,10-12H2,(H,18,21)/t14-/m1/s1. The number of carbonyl (C=O) groups excluding carboxylic acids is 1. The van der Waals surface area contributed by atoms with E-state index in [1.807, 2.05) is 18.2 Å². The van der Waals surface area contributed by atoms with Crippen molar-refractivity contribution in [1.29, 1.82) is 0 Å². The molecule has 1 amide bonds. The summed E-state index contributed by atoms with van der Waals surface area (Å²) in [6, 6.07) is 15.8. The van der Waals surface area contributed by atoms with Crippen molar-refractivity contribution in [2.24, 2.45) is 0 Å². The lowest BCUT2D eigenvalue weighted by atomic mass is 10.1. The SMILES string of the molecule is O=C(N[C@@H]1CCN(c2ccccc2)C1)c1ccc([N+](=O)[O-])cc1. The number of nitrogens with one attached hydrogen (secondary N) is 1. The summed E-state index contributed by atoms with van der Waals surface area (Å²) in [4.78, 5) is 24.6. The zero-order valence-electron chi connectivity index (χ0n) is 12.5. The fraction of sp³-hybridized carbons (Fsp3) is 0.235. The van der Waals surface area contributed by atoms with Gasteiger partial charge in [0.05, 0.1) is 4.92 Å². The molecule has 1 heterocycles. The summed E-state index contributed by atoms with van der Waals surface area (Å²) in [6.45, 7) is 1.66. The van der Waals surface area contributed by atoms with Crippen molar-refractivity contribution in [3.63, 3.8) is 0 Å². The average Bonchev–Trinajstić information content (AvgIpc) is 3.04. The molecule has 1 aliphatic heterocycles. The number of amides is 1. The number of anilines is 1. The smallest absolute Gasteiger partial charge is 0.269 e. The van der Waals surface area contributed by atoms with Crippen molar-refractivity contribution in [3.05, 3.63) is 70.3 Å². The van der Waals surface area contributed by atoms with E-state index in [1.165, 1.54) is 24.3 Å². The summed E-state index contributed by atoms with van der Waals surface area (Å²) in [5, 5.41) is 13.6. The third kappa shape index (κ3) is 3.48. The number of carbonyl (C=O) groups is 1. The number of benzene rings is 2. The molecular weight excluding hydrogens is 294 g/mol. The normalized spacial score (nSPS) is 17.0. The van der Waals surface area contributed by atoms with Crippen LogP contribution >= 0.6 is 0 Å². The maximum Gasteiger partial charge on any atom is 0.269 e. The number of hydrogen-bond acceptors (Lipinski definition) is 4. The first-order valence-electron chi connectivity index (χ1n) is 7.49. The van der Waals surface area contributed by atoms with Gasteiger partial charge < -0.3 is 10.2 Å². The van der Waals surface area contributed by atoms with Gasteiger partial charge in [-0.3, -0.25) is 14.9 Å². The summed E-state index contributed by atoms with van der Waals surface area (Å²) in [7, 11) is 0. The van der Waals surface area contributed by atoms with Crippen LogP contribution in [-0.4, -0.2) is 30.0 Å². The summed E-state index contributed by atoms with van der Waals surface area (Å²) < 4.78 is 0. The average molecular weight is 311 g/mol. The van der Waals surface area contributed by atoms with Gasteiger partial charge in [-0.1, -0.05) is 18.2 Å². The molecule has 1 fully saturated rings. The highest BCUT2D eigenvalue weighted by Gasteiger charge is 2.24. The molecular formula is C17H17N3O3. The Balaban J connectivity index is 1.59. The molecule has 0 saturated carbocycles. The monoisotopic (exact) mass is 311 g/mol. The highest BCUT2D eigenvalue weighted by Crippen LogP contribution is 2.20. The molecule has 6 nitrogen and oxygen atoms in total. The summed E-state index contributed by atoms with van der Waals surface area (Å²) in [5.41, 5.74) is 1.58. The lowest BCUT2D eigenvalue weighted by Gasteiger charge is -2.19. The van der Waals surface area contributed by atoms with E-state index in [0.29, 0.717) is 5.56 Å². The number of rotatable bonds is 4. The number of hydrogen-bond donors (Lipinski definition) is 1. The van der Waals surface area contributed by atoms with Crippen molar-refractivity contribution >= 4 is 17.3 Å². The van der Waals surface area contributed by atoms with Crippen LogP contribution in [0.1, 0.15) is 16.8 Å². The van der Waals surface area contributed by atoms with Gasteiger partial charge in [-0.2, -0.15) is 0 Å². The maximum absolute atomic E-state index is 12.2. The molecule has 0 aromatic heterocycles. The maximum atomic E-state index is 12.2. The van der Waals surface area contributed by atoms with E-state index in [4.69, 9.17) is 0 Å². The molecule has 2 aromatic carbocycles. The van der Waals surface area contributed by atoms with Gasteiger partial charge in [0, 0.05) is 42.5 Å². The van der Waals surface area contributed by atoms with Crippen LogP contribution in [0.2, 0.25) is 0 Å². The van der Waals surface area contributed by atoms with Crippen LogP contribution in [0.4, 0.5) is 11.4 Å². The third-order valence-corrected chi connectivity index (χ3v) is 3.99. The van der Waals surface area contributed by atoms with Crippen molar-refractivity contribution in [1.82, 2.24) is 5.32 Å². The molecule has 0 spiro atoms. The molecule has 0 unspecified atom stereocenters. The van der Waals surface area contributed by atoms with Crippen molar-refractivity contribution in [2.75, 3.05) is 18.0 Å². The van der Waals surface area contributed by atoms with Gasteiger partial charge in [-0.05, 0) is 30.7 Å². The second-order valence-electron chi connectivity index (χ2n) is 5.54. The molecule has 1 atom stereocenters. The van der Waals surface area contributed by atoms with Crippen LogP contribution in [0.5, 0.6) is 0 Å². The second-order valence-corrected chi connectivity index (χ2v) is 5.54. The molecule has 1 saturated heterocycles. The Morgan fingerprint density at radius 2 is 1.83 bits per heavy atom. The summed E-state index contributed by atoms with van der Waals surface area (Å²) in [6.07, 6.45) is 0.883. The Morgan fingerprint density at radius 1 is 1.13 bits per heavy atom. The minimum absolute atomic E-state index is 0.0160. The van der Waals surface area contributed by atoms with Crippen LogP contribution < -0.4 is 10.2 Å². The van der Waals surface area contributed by atoms with Gasteiger partial charge in [-0.25, -0.2) is 0 Å². The minimum Gasteiger partial charge on any atom is -0.369 e. The first-order valence-corrected chi connectivity index (χ1v) is 7.49. The van der Waals surface area contributed by atoms with Crippen LogP contribution in [0.15, 0.2) is 54.6 Å². The van der Waals surface area contributed by atoms with Gasteiger partial charge in [0.2, 0.25) is 0 Å². The van der Waals surface area contributed by atoms with Gasteiger partial charge in [0.25, 0.3) is 11.6 Å². The Hall–Kier alpha value is -2.89. The number of nitro benzene ring substituents is 1. The van der Waals surface area contributed by atoms with E-state index in [-0.39, 0.29) is 17.6 Å². The van der Waals surface area contributed by atoms with Gasteiger partial charge in [0.1, 0.15) is 0 Å². The third-order valence-electron chi connectivity index (χ3n) is 3.99. The van der Waals surface area contributed by atoms with E-state index in [1.54, 1.807) is 0 Å². The molecule has 1 aliphatic rings. The van der Waals surface area contributed by atoms with Crippen molar-refractivity contribution in [2.45, 2.75) is 12.5 Å². The molecule has 118 valence electrons. The number of non-ortho nitro benzene ring substituents is 1. The van der Waals surface area contributed by atoms with Gasteiger partial charge in [-0.15, -0.1) is 0 Å². The fourth-order valence-electron chi connectivity index (χ4n) is 2.75. The highest BCUT2D eigenvalue weighted by molar-refractivity contribution is 5.94. The summed E-state index contributed by atoms with van der Waals surface area (Å²) in [5.74, 6) is -0.195. The van der Waals surface area contributed by atoms with Crippen LogP contribution in [0.3, 0.4) is 0 Å². The van der Waals surface area contributed by atoms with E-state index in [9.17, 15) is 14.9 Å². The van der Waals surface area contributed by atoms with Crippen LogP contribution in [0.25, 0.3) is 0 Å². The molecule has 0 radical (unpaired) electrons. The quantitative estimate of drug-likeness (QED) is 0.695. The second kappa shape index (κ2) is 6.48. The topological polar surface area (TPSA) is 75.5 Å². The van der Waals surface area contributed by atoms with E-state index in [2.05, 4.69) is 22.3 Å². The zero-order chi connectivity index (χ0) is 16.2. The Bertz CT molecular complexity index is 701. The van der Waals surface area contributed by atoms with Gasteiger partial charge in [0.15, 0.2) is 0 Å². The van der Waals surface area contributed by atoms with E-state index < -0.39 is 4.92 Å². The Kier molecular flexibility index (Phi) is 4.23.